The summed E-state index contributed by atoms with van der Waals surface area (Å²) >= 11 is 8.57. The summed E-state index contributed by atoms with van der Waals surface area (Å²) in [5.41, 5.74) is 2.64. The number of aryl methyl sites for hydroxylation is 2. The average Bonchev–Trinajstić information content (AvgIpc) is 2.70. The Kier molecular flexibility index (Phi) is 4.47. The van der Waals surface area contributed by atoms with E-state index in [-0.39, 0.29) is 5.38 Å². The van der Waals surface area contributed by atoms with Crippen LogP contribution in [-0.4, -0.2) is 0 Å². The Morgan fingerprint density at radius 1 is 1.17 bits per heavy atom. The minimum absolute atomic E-state index is 0.0716. The lowest BCUT2D eigenvalue weighted by atomic mass is 9.89. The molecule has 2 atom stereocenters. The highest BCUT2D eigenvalue weighted by Crippen LogP contribution is 2.41. The standard InChI is InChI=1S/C16H19ClS/c1-4-14(13-8-6-5-7-9-13)16(17)15-10-11(2)18-12(15)3/h5-10,14,16H,4H2,1-3H3. The van der Waals surface area contributed by atoms with Crippen LogP contribution in [0.25, 0.3) is 0 Å². The van der Waals surface area contributed by atoms with Gasteiger partial charge in [-0.15, -0.1) is 22.9 Å². The van der Waals surface area contributed by atoms with Crippen molar-refractivity contribution in [1.29, 1.82) is 0 Å². The molecule has 0 saturated heterocycles. The molecule has 0 aliphatic rings. The third-order valence-corrected chi connectivity index (χ3v) is 4.92. The first-order valence-corrected chi connectivity index (χ1v) is 7.64. The quantitative estimate of drug-likeness (QED) is 0.617. The average molecular weight is 279 g/mol. The third-order valence-electron chi connectivity index (χ3n) is 3.40. The number of halogens is 1. The highest BCUT2D eigenvalue weighted by Gasteiger charge is 2.23. The van der Waals surface area contributed by atoms with E-state index < -0.39 is 0 Å². The summed E-state index contributed by atoms with van der Waals surface area (Å²) in [5, 5.41) is 0.0716. The smallest absolute Gasteiger partial charge is 0.0664 e. The molecule has 2 unspecified atom stereocenters. The Balaban J connectivity index is 2.31. The van der Waals surface area contributed by atoms with Gasteiger partial charge in [0.2, 0.25) is 0 Å². The molecule has 0 aliphatic heterocycles. The van der Waals surface area contributed by atoms with Crippen LogP contribution >= 0.6 is 22.9 Å². The van der Waals surface area contributed by atoms with E-state index in [0.29, 0.717) is 5.92 Å². The zero-order chi connectivity index (χ0) is 13.1. The molecule has 0 N–H and O–H groups in total. The first-order chi connectivity index (χ1) is 8.63. The van der Waals surface area contributed by atoms with E-state index in [1.165, 1.54) is 20.9 Å². The largest absolute Gasteiger partial charge is 0.146 e. The molecule has 96 valence electrons. The Morgan fingerprint density at radius 3 is 2.33 bits per heavy atom. The number of thiophene rings is 1. The first kappa shape index (κ1) is 13.6. The van der Waals surface area contributed by atoms with Crippen molar-refractivity contribution in [2.24, 2.45) is 0 Å². The maximum atomic E-state index is 6.73. The summed E-state index contributed by atoms with van der Waals surface area (Å²) in [6.45, 7) is 6.52. The normalized spacial score (nSPS) is 14.4. The second-order valence-corrected chi connectivity index (χ2v) is 6.63. The van der Waals surface area contributed by atoms with Crippen LogP contribution in [0.3, 0.4) is 0 Å². The van der Waals surface area contributed by atoms with Gasteiger partial charge in [-0.2, -0.15) is 0 Å². The highest BCUT2D eigenvalue weighted by atomic mass is 35.5. The monoisotopic (exact) mass is 278 g/mol. The van der Waals surface area contributed by atoms with Crippen LogP contribution in [0.2, 0.25) is 0 Å². The van der Waals surface area contributed by atoms with E-state index in [2.05, 4.69) is 57.2 Å². The van der Waals surface area contributed by atoms with Crippen molar-refractivity contribution in [2.45, 2.75) is 38.5 Å². The third kappa shape index (κ3) is 2.78. The minimum atomic E-state index is 0.0716. The molecule has 0 radical (unpaired) electrons. The van der Waals surface area contributed by atoms with Crippen molar-refractivity contribution in [1.82, 2.24) is 0 Å². The van der Waals surface area contributed by atoms with Gasteiger partial charge in [-0.3, -0.25) is 0 Å². The van der Waals surface area contributed by atoms with Gasteiger partial charge in [0.1, 0.15) is 0 Å². The van der Waals surface area contributed by atoms with E-state index >= 15 is 0 Å². The molecule has 2 aromatic rings. The SMILES string of the molecule is CCC(c1ccccc1)C(Cl)c1cc(C)sc1C. The molecule has 18 heavy (non-hydrogen) atoms. The van der Waals surface area contributed by atoms with Gasteiger partial charge in [-0.25, -0.2) is 0 Å². The van der Waals surface area contributed by atoms with Crippen LogP contribution in [0, 0.1) is 13.8 Å². The van der Waals surface area contributed by atoms with Crippen LogP contribution in [0.4, 0.5) is 0 Å². The molecule has 0 spiro atoms. The summed E-state index contributed by atoms with van der Waals surface area (Å²) < 4.78 is 0. The van der Waals surface area contributed by atoms with Crippen LogP contribution in [0.5, 0.6) is 0 Å². The van der Waals surface area contributed by atoms with Crippen molar-refractivity contribution in [3.05, 3.63) is 57.3 Å². The summed E-state index contributed by atoms with van der Waals surface area (Å²) in [7, 11) is 0. The molecule has 0 amide bonds. The lowest BCUT2D eigenvalue weighted by Gasteiger charge is -2.21. The first-order valence-electron chi connectivity index (χ1n) is 6.39. The van der Waals surface area contributed by atoms with Gasteiger partial charge in [0, 0.05) is 15.7 Å². The number of rotatable bonds is 4. The molecule has 0 fully saturated rings. The lowest BCUT2D eigenvalue weighted by molar-refractivity contribution is 0.640. The molecule has 2 rings (SSSR count). The predicted molar refractivity (Wildman–Crippen MR) is 81.9 cm³/mol. The zero-order valence-electron chi connectivity index (χ0n) is 11.1. The van der Waals surface area contributed by atoms with Crippen LogP contribution in [0.1, 0.15) is 45.5 Å². The molecule has 2 heteroatoms. The summed E-state index contributed by atoms with van der Waals surface area (Å²) in [5.74, 6) is 0.389. The highest BCUT2D eigenvalue weighted by molar-refractivity contribution is 7.12. The van der Waals surface area contributed by atoms with E-state index in [1.807, 2.05) is 11.3 Å². The van der Waals surface area contributed by atoms with Gasteiger partial charge in [-0.05, 0) is 37.5 Å². The summed E-state index contributed by atoms with van der Waals surface area (Å²) in [4.78, 5) is 2.69. The van der Waals surface area contributed by atoms with Crippen LogP contribution in [0.15, 0.2) is 36.4 Å². The zero-order valence-corrected chi connectivity index (χ0v) is 12.7. The summed E-state index contributed by atoms with van der Waals surface area (Å²) in [6.07, 6.45) is 1.06. The number of alkyl halides is 1. The Bertz CT molecular complexity index is 501. The van der Waals surface area contributed by atoms with Crippen molar-refractivity contribution in [3.8, 4) is 0 Å². The van der Waals surface area contributed by atoms with Gasteiger partial charge in [0.25, 0.3) is 0 Å². The molecule has 1 aromatic heterocycles. The second kappa shape index (κ2) is 5.90. The number of benzene rings is 1. The van der Waals surface area contributed by atoms with Gasteiger partial charge in [0.05, 0.1) is 5.38 Å². The van der Waals surface area contributed by atoms with Gasteiger partial charge in [0.15, 0.2) is 0 Å². The predicted octanol–water partition coefficient (Wildman–Crippen LogP) is 5.84. The van der Waals surface area contributed by atoms with Crippen LogP contribution < -0.4 is 0 Å². The topological polar surface area (TPSA) is 0 Å². The molecule has 0 nitrogen and oxygen atoms in total. The van der Waals surface area contributed by atoms with Gasteiger partial charge < -0.3 is 0 Å². The molecular weight excluding hydrogens is 260 g/mol. The number of hydrogen-bond donors (Lipinski definition) is 0. The van der Waals surface area contributed by atoms with Crippen molar-refractivity contribution >= 4 is 22.9 Å². The van der Waals surface area contributed by atoms with Crippen molar-refractivity contribution < 1.29 is 0 Å². The molecule has 0 saturated carbocycles. The van der Waals surface area contributed by atoms with E-state index in [0.717, 1.165) is 6.42 Å². The minimum Gasteiger partial charge on any atom is -0.146 e. The Morgan fingerprint density at radius 2 is 1.83 bits per heavy atom. The fraction of sp³-hybridized carbons (Fsp3) is 0.375. The van der Waals surface area contributed by atoms with E-state index in [9.17, 15) is 0 Å². The molecule has 0 aliphatic carbocycles. The molecule has 1 heterocycles. The van der Waals surface area contributed by atoms with E-state index in [1.54, 1.807) is 0 Å². The van der Waals surface area contributed by atoms with Gasteiger partial charge >= 0.3 is 0 Å². The number of hydrogen-bond acceptors (Lipinski definition) is 1. The second-order valence-electron chi connectivity index (χ2n) is 4.70. The fourth-order valence-electron chi connectivity index (χ4n) is 2.45. The maximum Gasteiger partial charge on any atom is 0.0664 e. The maximum absolute atomic E-state index is 6.73. The Labute approximate surface area is 119 Å². The fourth-order valence-corrected chi connectivity index (χ4v) is 4.04. The summed E-state index contributed by atoms with van der Waals surface area (Å²) in [6, 6.07) is 12.8. The molecular formula is C16H19ClS. The van der Waals surface area contributed by atoms with Crippen molar-refractivity contribution in [2.75, 3.05) is 0 Å². The lowest BCUT2D eigenvalue weighted by Crippen LogP contribution is -2.05. The Hall–Kier alpha value is -0.790. The van der Waals surface area contributed by atoms with E-state index in [4.69, 9.17) is 11.6 Å². The molecule has 0 bridgehead atoms. The van der Waals surface area contributed by atoms with Crippen molar-refractivity contribution in [3.63, 3.8) is 0 Å². The van der Waals surface area contributed by atoms with Gasteiger partial charge in [-0.1, -0.05) is 37.3 Å². The van der Waals surface area contributed by atoms with Crippen LogP contribution in [-0.2, 0) is 0 Å². The molecule has 1 aromatic carbocycles.